The van der Waals surface area contributed by atoms with Crippen LogP contribution in [0.5, 0.6) is 0 Å². The van der Waals surface area contributed by atoms with Crippen molar-refractivity contribution in [3.63, 3.8) is 0 Å². The molecule has 0 radical (unpaired) electrons. The van der Waals surface area contributed by atoms with E-state index >= 15 is 0 Å². The maximum absolute atomic E-state index is 6.45. The topological polar surface area (TPSA) is 82.3 Å². The molecule has 1 aromatic carbocycles. The maximum atomic E-state index is 6.45. The van der Waals surface area contributed by atoms with Crippen molar-refractivity contribution in [1.82, 2.24) is 20.2 Å². The molecule has 0 spiro atoms. The quantitative estimate of drug-likeness (QED) is 0.804. The Balaban J connectivity index is 1.60. The summed E-state index contributed by atoms with van der Waals surface area (Å²) in [7, 11) is 0. The Kier molecular flexibility index (Phi) is 3.85. The zero-order valence-electron chi connectivity index (χ0n) is 13.9. The van der Waals surface area contributed by atoms with Crippen molar-refractivity contribution in [3.05, 3.63) is 83.9 Å². The second-order valence-corrected chi connectivity index (χ2v) is 6.05. The summed E-state index contributed by atoms with van der Waals surface area (Å²) in [5, 5.41) is 3.17. The molecule has 0 bridgehead atoms. The number of aromatic amines is 1. The molecule has 0 saturated heterocycles. The van der Waals surface area contributed by atoms with Gasteiger partial charge in [-0.25, -0.2) is 9.98 Å². The predicted molar refractivity (Wildman–Crippen MR) is 99.1 cm³/mol. The SMILES string of the molecule is C=C(/N=C1/NC=C/C1=C(/N)N1CCc2nc[nH]c2C1)c1ccccc1. The normalized spacial score (nSPS) is 19.7. The van der Waals surface area contributed by atoms with Gasteiger partial charge in [-0.2, -0.15) is 0 Å². The standard InChI is InChI=1S/C19H20N6/c1-13(14-5-3-2-4-6-14)24-19-15(7-9-21-19)18(20)25-10-8-16-17(11-25)23-12-22-16/h2-7,9,12H,1,8,10-11,20H2,(H,21,24)(H,22,23)/b18-15+. The van der Waals surface area contributed by atoms with Gasteiger partial charge in [-0.3, -0.25) is 0 Å². The van der Waals surface area contributed by atoms with Crippen LogP contribution in [-0.4, -0.2) is 27.2 Å². The van der Waals surface area contributed by atoms with Gasteiger partial charge in [0.25, 0.3) is 0 Å². The van der Waals surface area contributed by atoms with Crippen LogP contribution in [0.3, 0.4) is 0 Å². The molecule has 25 heavy (non-hydrogen) atoms. The molecule has 2 aliphatic heterocycles. The molecule has 0 amide bonds. The Morgan fingerprint density at radius 1 is 1.28 bits per heavy atom. The third kappa shape index (κ3) is 2.94. The van der Waals surface area contributed by atoms with Gasteiger partial charge in [0.15, 0.2) is 0 Å². The highest BCUT2D eigenvalue weighted by Gasteiger charge is 2.23. The number of nitrogens with zero attached hydrogens (tertiary/aromatic N) is 3. The fraction of sp³-hybridized carbons (Fsp3) is 0.158. The molecule has 0 aliphatic carbocycles. The van der Waals surface area contributed by atoms with Crippen LogP contribution in [0, 0.1) is 0 Å². The highest BCUT2D eigenvalue weighted by molar-refractivity contribution is 6.06. The number of imidazole rings is 1. The summed E-state index contributed by atoms with van der Waals surface area (Å²) in [6.45, 7) is 5.64. The molecule has 126 valence electrons. The Morgan fingerprint density at radius 3 is 2.96 bits per heavy atom. The second kappa shape index (κ2) is 6.32. The number of benzene rings is 1. The van der Waals surface area contributed by atoms with Crippen molar-refractivity contribution in [1.29, 1.82) is 0 Å². The van der Waals surface area contributed by atoms with Crippen molar-refractivity contribution in [3.8, 4) is 0 Å². The molecule has 0 unspecified atom stereocenters. The minimum absolute atomic E-state index is 0.701. The monoisotopic (exact) mass is 332 g/mol. The van der Waals surface area contributed by atoms with Gasteiger partial charge in [-0.15, -0.1) is 0 Å². The van der Waals surface area contributed by atoms with Crippen LogP contribution >= 0.6 is 0 Å². The van der Waals surface area contributed by atoms with Gasteiger partial charge in [-0.05, 0) is 11.6 Å². The average Bonchev–Trinajstić information content (AvgIpc) is 3.30. The summed E-state index contributed by atoms with van der Waals surface area (Å²) < 4.78 is 0. The van der Waals surface area contributed by atoms with Gasteiger partial charge in [0.2, 0.25) is 0 Å². The minimum Gasteiger partial charge on any atom is -0.385 e. The number of aromatic nitrogens is 2. The van der Waals surface area contributed by atoms with Crippen LogP contribution in [0.1, 0.15) is 17.0 Å². The lowest BCUT2D eigenvalue weighted by Gasteiger charge is -2.29. The van der Waals surface area contributed by atoms with E-state index in [4.69, 9.17) is 5.73 Å². The second-order valence-electron chi connectivity index (χ2n) is 6.05. The maximum Gasteiger partial charge on any atom is 0.141 e. The summed E-state index contributed by atoms with van der Waals surface area (Å²) in [6, 6.07) is 9.91. The van der Waals surface area contributed by atoms with Crippen LogP contribution < -0.4 is 11.1 Å². The fourth-order valence-corrected chi connectivity index (χ4v) is 3.08. The van der Waals surface area contributed by atoms with Gasteiger partial charge in [-0.1, -0.05) is 36.9 Å². The number of rotatable bonds is 3. The fourth-order valence-electron chi connectivity index (χ4n) is 3.08. The molecule has 1 aromatic heterocycles. The smallest absolute Gasteiger partial charge is 0.141 e. The van der Waals surface area contributed by atoms with E-state index in [0.717, 1.165) is 47.9 Å². The summed E-state index contributed by atoms with van der Waals surface area (Å²) in [6.07, 6.45) is 6.43. The molecule has 4 N–H and O–H groups in total. The van der Waals surface area contributed by atoms with Crippen molar-refractivity contribution >= 4 is 11.5 Å². The minimum atomic E-state index is 0.701. The Labute approximate surface area is 146 Å². The number of H-pyrrole nitrogens is 1. The molecule has 2 aliphatic rings. The third-order valence-corrected chi connectivity index (χ3v) is 4.47. The van der Waals surface area contributed by atoms with Crippen molar-refractivity contribution in [2.45, 2.75) is 13.0 Å². The molecule has 4 rings (SSSR count). The number of fused-ring (bicyclic) bond motifs is 1. The summed E-state index contributed by atoms with van der Waals surface area (Å²) in [4.78, 5) is 14.3. The number of nitrogens with one attached hydrogen (secondary N) is 2. The first-order valence-corrected chi connectivity index (χ1v) is 8.24. The zero-order valence-corrected chi connectivity index (χ0v) is 13.9. The number of hydrogen-bond acceptors (Lipinski definition) is 4. The van der Waals surface area contributed by atoms with E-state index in [1.54, 1.807) is 6.33 Å². The highest BCUT2D eigenvalue weighted by atomic mass is 15.2. The first kappa shape index (κ1) is 15.3. The summed E-state index contributed by atoms with van der Waals surface area (Å²) >= 11 is 0. The van der Waals surface area contributed by atoms with E-state index in [1.165, 1.54) is 0 Å². The van der Waals surface area contributed by atoms with E-state index in [-0.39, 0.29) is 0 Å². The van der Waals surface area contributed by atoms with E-state index < -0.39 is 0 Å². The van der Waals surface area contributed by atoms with Gasteiger partial charge in [0.05, 0.1) is 35.5 Å². The van der Waals surface area contributed by atoms with Crippen molar-refractivity contribution < 1.29 is 0 Å². The van der Waals surface area contributed by atoms with E-state index in [2.05, 4.69) is 31.8 Å². The lowest BCUT2D eigenvalue weighted by molar-refractivity contribution is 0.312. The van der Waals surface area contributed by atoms with Gasteiger partial charge in [0.1, 0.15) is 11.7 Å². The van der Waals surface area contributed by atoms with E-state index in [1.807, 2.05) is 42.6 Å². The Hall–Kier alpha value is -3.28. The third-order valence-electron chi connectivity index (χ3n) is 4.47. The number of aliphatic imine (C=N–C) groups is 1. The van der Waals surface area contributed by atoms with Crippen molar-refractivity contribution in [2.75, 3.05) is 6.54 Å². The van der Waals surface area contributed by atoms with E-state index in [9.17, 15) is 0 Å². The molecule has 0 atom stereocenters. The Bertz CT molecular complexity index is 888. The first-order valence-electron chi connectivity index (χ1n) is 8.24. The summed E-state index contributed by atoms with van der Waals surface area (Å²) in [5.74, 6) is 1.43. The van der Waals surface area contributed by atoms with Crippen LogP contribution in [-0.2, 0) is 13.0 Å². The van der Waals surface area contributed by atoms with Crippen LogP contribution in [0.15, 0.2) is 71.9 Å². The predicted octanol–water partition coefficient (Wildman–Crippen LogP) is 2.12. The summed E-state index contributed by atoms with van der Waals surface area (Å²) in [5.41, 5.74) is 11.3. The molecule has 0 fully saturated rings. The molecule has 0 saturated carbocycles. The highest BCUT2D eigenvalue weighted by Crippen LogP contribution is 2.22. The molecule has 2 aromatic rings. The molecule has 6 heteroatoms. The average molecular weight is 332 g/mol. The molecule has 3 heterocycles. The molecule has 6 nitrogen and oxygen atoms in total. The number of nitrogens with two attached hydrogens (primary N) is 1. The van der Waals surface area contributed by atoms with Gasteiger partial charge < -0.3 is 20.9 Å². The largest absolute Gasteiger partial charge is 0.385 e. The Morgan fingerprint density at radius 2 is 2.12 bits per heavy atom. The zero-order chi connectivity index (χ0) is 17.2. The molecular formula is C19H20N6. The van der Waals surface area contributed by atoms with Crippen LogP contribution in [0.2, 0.25) is 0 Å². The molecular weight excluding hydrogens is 312 g/mol. The lowest BCUT2D eigenvalue weighted by atomic mass is 10.1. The lowest BCUT2D eigenvalue weighted by Crippen LogP contribution is -2.35. The van der Waals surface area contributed by atoms with Crippen LogP contribution in [0.4, 0.5) is 0 Å². The first-order chi connectivity index (χ1) is 12.2. The van der Waals surface area contributed by atoms with Crippen molar-refractivity contribution in [2.24, 2.45) is 10.7 Å². The number of hydrogen-bond donors (Lipinski definition) is 3. The van der Waals surface area contributed by atoms with Crippen LogP contribution in [0.25, 0.3) is 5.70 Å². The van der Waals surface area contributed by atoms with Gasteiger partial charge >= 0.3 is 0 Å². The number of amidine groups is 1. The van der Waals surface area contributed by atoms with Gasteiger partial charge in [0, 0.05) is 19.2 Å². The van der Waals surface area contributed by atoms with E-state index in [0.29, 0.717) is 11.5 Å².